The average molecular weight is 415 g/mol. The minimum absolute atomic E-state index is 0.250. The number of benzene rings is 1. The second-order valence-electron chi connectivity index (χ2n) is 8.44. The third-order valence-electron chi connectivity index (χ3n) is 6.36. The van der Waals surface area contributed by atoms with Gasteiger partial charge in [-0.15, -0.1) is 0 Å². The van der Waals surface area contributed by atoms with Crippen molar-refractivity contribution in [1.82, 2.24) is 4.98 Å². The number of pyridine rings is 1. The molecule has 162 valence electrons. The van der Waals surface area contributed by atoms with Crippen molar-refractivity contribution in [3.63, 3.8) is 0 Å². The maximum Gasteiger partial charge on any atom is 0.314 e. The number of carboxylic acids is 1. The number of carboxylic acid groups (broad SMARTS) is 2. The predicted molar refractivity (Wildman–Crippen MR) is 115 cm³/mol. The molecule has 2 heterocycles. The molecule has 1 saturated heterocycles. The summed E-state index contributed by atoms with van der Waals surface area (Å²) in [5.74, 6) is 0.378. The van der Waals surface area contributed by atoms with E-state index in [1.54, 1.807) is 0 Å². The Hall–Kier alpha value is -2.67. The summed E-state index contributed by atoms with van der Waals surface area (Å²) in [5.41, 5.74) is 2.29. The molecule has 0 bridgehead atoms. The standard InChI is InChI=1S/C22H28N2O3.CH2O2/c1-3-15-6-7-18-17(11-15)14(2)10-20(23-18)24-9-8-19(25)22(13-24,21(26)27)12-16-4-5-16;2-1-3/h6-7,10-11,16,19,25H,3-5,8-9,12-13H2,1-2H3,(H,26,27);1H,(H,2,3)/t19-,22-;/m0./s1. The third-order valence-corrected chi connectivity index (χ3v) is 6.36. The number of aliphatic hydroxyl groups is 1. The van der Waals surface area contributed by atoms with Gasteiger partial charge in [0.25, 0.3) is 6.47 Å². The summed E-state index contributed by atoms with van der Waals surface area (Å²) in [6.07, 6.45) is 3.38. The highest BCUT2D eigenvalue weighted by Crippen LogP contribution is 2.45. The topological polar surface area (TPSA) is 111 Å². The van der Waals surface area contributed by atoms with E-state index in [0.29, 0.717) is 31.8 Å². The second kappa shape index (κ2) is 9.00. The average Bonchev–Trinajstić information content (AvgIpc) is 3.53. The molecule has 2 aliphatic rings. The quantitative estimate of drug-likeness (QED) is 0.644. The number of hydrogen-bond acceptors (Lipinski definition) is 5. The zero-order valence-corrected chi connectivity index (χ0v) is 17.5. The van der Waals surface area contributed by atoms with Crippen LogP contribution in [-0.4, -0.2) is 51.9 Å². The molecule has 7 heteroatoms. The van der Waals surface area contributed by atoms with Gasteiger partial charge < -0.3 is 20.2 Å². The molecule has 2 atom stereocenters. The largest absolute Gasteiger partial charge is 0.483 e. The SMILES string of the molecule is CCc1ccc2nc(N3CC[C@H](O)[C@@](CC4CC4)(C(=O)O)C3)cc(C)c2c1.O=CO. The van der Waals surface area contributed by atoms with Crippen LogP contribution in [0.3, 0.4) is 0 Å². The summed E-state index contributed by atoms with van der Waals surface area (Å²) in [5, 5.41) is 28.6. The van der Waals surface area contributed by atoms with Crippen molar-refractivity contribution < 1.29 is 24.9 Å². The zero-order valence-electron chi connectivity index (χ0n) is 17.5. The van der Waals surface area contributed by atoms with E-state index >= 15 is 0 Å². The number of aryl methyl sites for hydroxylation is 2. The number of aliphatic hydroxyl groups excluding tert-OH is 1. The molecule has 0 unspecified atom stereocenters. The molecule has 1 saturated carbocycles. The van der Waals surface area contributed by atoms with E-state index in [0.717, 1.165) is 41.5 Å². The first-order valence-electron chi connectivity index (χ1n) is 10.5. The van der Waals surface area contributed by atoms with E-state index in [1.807, 2.05) is 0 Å². The highest BCUT2D eigenvalue weighted by atomic mass is 16.4. The Bertz CT molecular complexity index is 927. The van der Waals surface area contributed by atoms with Crippen molar-refractivity contribution in [2.45, 2.75) is 52.1 Å². The van der Waals surface area contributed by atoms with Crippen LogP contribution >= 0.6 is 0 Å². The maximum atomic E-state index is 12.2. The Morgan fingerprint density at radius 2 is 2.00 bits per heavy atom. The molecule has 3 N–H and O–H groups in total. The first-order valence-corrected chi connectivity index (χ1v) is 10.5. The lowest BCUT2D eigenvalue weighted by atomic mass is 9.73. The smallest absolute Gasteiger partial charge is 0.314 e. The number of anilines is 1. The van der Waals surface area contributed by atoms with Crippen LogP contribution in [0.25, 0.3) is 10.9 Å². The van der Waals surface area contributed by atoms with Crippen LogP contribution in [0.15, 0.2) is 24.3 Å². The van der Waals surface area contributed by atoms with Gasteiger partial charge in [-0.25, -0.2) is 4.98 Å². The Balaban J connectivity index is 0.000000806. The lowest BCUT2D eigenvalue weighted by Gasteiger charge is -2.44. The first-order chi connectivity index (χ1) is 14.3. The van der Waals surface area contributed by atoms with Gasteiger partial charge in [0.05, 0.1) is 11.6 Å². The lowest BCUT2D eigenvalue weighted by molar-refractivity contribution is -0.158. The van der Waals surface area contributed by atoms with E-state index in [9.17, 15) is 15.0 Å². The second-order valence-corrected chi connectivity index (χ2v) is 8.44. The van der Waals surface area contributed by atoms with Crippen LogP contribution in [-0.2, 0) is 16.0 Å². The molecular weight excluding hydrogens is 384 g/mol. The summed E-state index contributed by atoms with van der Waals surface area (Å²) >= 11 is 0. The van der Waals surface area contributed by atoms with Crippen molar-refractivity contribution in [3.05, 3.63) is 35.4 Å². The van der Waals surface area contributed by atoms with Gasteiger partial charge in [0.2, 0.25) is 0 Å². The Labute approximate surface area is 176 Å². The van der Waals surface area contributed by atoms with E-state index in [1.165, 1.54) is 5.56 Å². The van der Waals surface area contributed by atoms with Crippen LogP contribution < -0.4 is 4.90 Å². The minimum atomic E-state index is -1.09. The Kier molecular flexibility index (Phi) is 6.61. The molecule has 30 heavy (non-hydrogen) atoms. The number of rotatable bonds is 5. The normalized spacial score (nSPS) is 23.6. The molecule has 4 rings (SSSR count). The Morgan fingerprint density at radius 3 is 2.60 bits per heavy atom. The van der Waals surface area contributed by atoms with Crippen molar-refractivity contribution in [1.29, 1.82) is 0 Å². The number of carbonyl (C=O) groups is 2. The summed E-state index contributed by atoms with van der Waals surface area (Å²) in [6, 6.07) is 8.41. The van der Waals surface area contributed by atoms with Crippen LogP contribution in [0.5, 0.6) is 0 Å². The van der Waals surface area contributed by atoms with Gasteiger partial charge in [0.15, 0.2) is 0 Å². The molecule has 2 aromatic rings. The summed E-state index contributed by atoms with van der Waals surface area (Å²) in [4.78, 5) is 27.4. The van der Waals surface area contributed by atoms with Crippen molar-refractivity contribution in [3.8, 4) is 0 Å². The highest BCUT2D eigenvalue weighted by molar-refractivity contribution is 5.85. The van der Waals surface area contributed by atoms with Crippen molar-refractivity contribution in [2.75, 3.05) is 18.0 Å². The van der Waals surface area contributed by atoms with Crippen molar-refractivity contribution in [2.24, 2.45) is 11.3 Å². The molecule has 0 spiro atoms. The lowest BCUT2D eigenvalue weighted by Crippen LogP contribution is -2.56. The van der Waals surface area contributed by atoms with Gasteiger partial charge >= 0.3 is 5.97 Å². The van der Waals surface area contributed by atoms with Gasteiger partial charge in [-0.3, -0.25) is 9.59 Å². The number of aliphatic carboxylic acids is 1. The van der Waals surface area contributed by atoms with Crippen LogP contribution in [0.1, 0.15) is 43.7 Å². The summed E-state index contributed by atoms with van der Waals surface area (Å²) < 4.78 is 0. The van der Waals surface area contributed by atoms with Crippen LogP contribution in [0, 0.1) is 18.3 Å². The van der Waals surface area contributed by atoms with Gasteiger partial charge in [-0.1, -0.05) is 25.8 Å². The molecule has 1 aromatic carbocycles. The molecular formula is C23H30N2O5. The molecule has 0 radical (unpaired) electrons. The maximum absolute atomic E-state index is 12.2. The third kappa shape index (κ3) is 4.41. The number of fused-ring (bicyclic) bond motifs is 1. The monoisotopic (exact) mass is 414 g/mol. The number of aromatic nitrogens is 1. The van der Waals surface area contributed by atoms with Gasteiger partial charge in [-0.05, 0) is 61.4 Å². The summed E-state index contributed by atoms with van der Waals surface area (Å²) in [7, 11) is 0. The molecule has 1 aromatic heterocycles. The van der Waals surface area contributed by atoms with Gasteiger partial charge in [-0.2, -0.15) is 0 Å². The predicted octanol–water partition coefficient (Wildman–Crippen LogP) is 3.25. The molecule has 1 aliphatic heterocycles. The molecule has 7 nitrogen and oxygen atoms in total. The van der Waals surface area contributed by atoms with E-state index in [4.69, 9.17) is 14.9 Å². The van der Waals surface area contributed by atoms with Crippen LogP contribution in [0.2, 0.25) is 0 Å². The van der Waals surface area contributed by atoms with Crippen molar-refractivity contribution >= 4 is 29.2 Å². The van der Waals surface area contributed by atoms with Gasteiger partial charge in [0.1, 0.15) is 11.2 Å². The van der Waals surface area contributed by atoms with E-state index in [-0.39, 0.29) is 6.47 Å². The fourth-order valence-corrected chi connectivity index (χ4v) is 4.42. The zero-order chi connectivity index (χ0) is 21.9. The fraction of sp³-hybridized carbons (Fsp3) is 0.522. The fourth-order valence-electron chi connectivity index (χ4n) is 4.42. The van der Waals surface area contributed by atoms with Crippen LogP contribution in [0.4, 0.5) is 5.82 Å². The number of hydrogen-bond donors (Lipinski definition) is 3. The summed E-state index contributed by atoms with van der Waals surface area (Å²) in [6.45, 7) is 4.93. The first kappa shape index (κ1) is 22.0. The Morgan fingerprint density at radius 1 is 1.30 bits per heavy atom. The highest BCUT2D eigenvalue weighted by Gasteiger charge is 2.52. The molecule has 2 fully saturated rings. The molecule has 1 aliphatic carbocycles. The van der Waals surface area contributed by atoms with E-state index in [2.05, 4.69) is 43.0 Å². The van der Waals surface area contributed by atoms with Gasteiger partial charge in [0, 0.05) is 18.5 Å². The van der Waals surface area contributed by atoms with E-state index < -0.39 is 17.5 Å². The minimum Gasteiger partial charge on any atom is -0.483 e. The number of nitrogens with zero attached hydrogens (tertiary/aromatic N) is 2. The molecule has 0 amide bonds. The number of piperidine rings is 1.